The lowest BCUT2D eigenvalue weighted by Crippen LogP contribution is -2.31. The highest BCUT2D eigenvalue weighted by molar-refractivity contribution is 5.57. The van der Waals surface area contributed by atoms with Crippen LogP contribution in [-0.4, -0.2) is 25.7 Å². The molecule has 0 fully saturated rings. The van der Waals surface area contributed by atoms with Crippen LogP contribution in [0.4, 0.5) is 5.82 Å². The molecule has 5 nitrogen and oxygen atoms in total. The molecule has 2 aromatic rings. The van der Waals surface area contributed by atoms with Gasteiger partial charge in [-0.3, -0.25) is 0 Å². The first-order valence-electron chi connectivity index (χ1n) is 7.10. The number of pyridine rings is 1. The zero-order valence-electron chi connectivity index (χ0n) is 12.7. The summed E-state index contributed by atoms with van der Waals surface area (Å²) in [6.07, 6.45) is 2.61. The number of benzene rings is 1. The third-order valence-corrected chi connectivity index (χ3v) is 3.92. The lowest BCUT2D eigenvalue weighted by molar-refractivity contribution is 0.353. The number of rotatable bonds is 3. The topological polar surface area (TPSA) is 58.4 Å². The van der Waals surface area contributed by atoms with Gasteiger partial charge in [0.15, 0.2) is 11.5 Å². The number of hydrogen-bond donors (Lipinski definition) is 0. The van der Waals surface area contributed by atoms with Crippen LogP contribution >= 0.6 is 0 Å². The molecule has 0 spiro atoms. The summed E-state index contributed by atoms with van der Waals surface area (Å²) in [7, 11) is 3.28. The maximum atomic E-state index is 9.24. The molecule has 0 atom stereocenters. The molecule has 112 valence electrons. The van der Waals surface area contributed by atoms with Gasteiger partial charge in [0, 0.05) is 19.3 Å². The zero-order chi connectivity index (χ0) is 15.5. The number of nitriles is 1. The van der Waals surface area contributed by atoms with Crippen molar-refractivity contribution in [1.82, 2.24) is 4.98 Å². The van der Waals surface area contributed by atoms with Gasteiger partial charge in [0.1, 0.15) is 11.9 Å². The number of nitrogens with zero attached hydrogens (tertiary/aromatic N) is 3. The molecule has 0 aliphatic carbocycles. The molecule has 0 saturated carbocycles. The van der Waals surface area contributed by atoms with Crippen molar-refractivity contribution in [3.63, 3.8) is 0 Å². The predicted molar refractivity (Wildman–Crippen MR) is 83.3 cm³/mol. The Kier molecular flexibility index (Phi) is 3.84. The van der Waals surface area contributed by atoms with E-state index in [1.807, 2.05) is 12.1 Å². The Bertz CT molecular complexity index is 737. The highest BCUT2D eigenvalue weighted by Crippen LogP contribution is 2.34. The van der Waals surface area contributed by atoms with E-state index in [9.17, 15) is 5.26 Å². The third kappa shape index (κ3) is 2.44. The third-order valence-electron chi connectivity index (χ3n) is 3.92. The van der Waals surface area contributed by atoms with Crippen molar-refractivity contribution < 1.29 is 9.47 Å². The largest absolute Gasteiger partial charge is 0.493 e. The molecule has 0 radical (unpaired) electrons. The minimum Gasteiger partial charge on any atom is -0.493 e. The van der Waals surface area contributed by atoms with Crippen molar-refractivity contribution in [2.24, 2.45) is 0 Å². The second-order valence-corrected chi connectivity index (χ2v) is 5.13. The Labute approximate surface area is 129 Å². The summed E-state index contributed by atoms with van der Waals surface area (Å²) in [6.45, 7) is 1.54. The van der Waals surface area contributed by atoms with E-state index in [1.165, 1.54) is 11.1 Å². The van der Waals surface area contributed by atoms with Crippen LogP contribution in [0.5, 0.6) is 11.5 Å². The molecule has 1 aromatic heterocycles. The van der Waals surface area contributed by atoms with E-state index in [0.717, 1.165) is 30.3 Å². The number of methoxy groups -OCH3 is 2. The van der Waals surface area contributed by atoms with Crippen molar-refractivity contribution >= 4 is 5.82 Å². The quantitative estimate of drug-likeness (QED) is 0.871. The Balaban J connectivity index is 1.95. The summed E-state index contributed by atoms with van der Waals surface area (Å²) < 4.78 is 10.7. The average Bonchev–Trinajstić information content (AvgIpc) is 2.59. The van der Waals surface area contributed by atoms with Gasteiger partial charge in [-0.1, -0.05) is 0 Å². The summed E-state index contributed by atoms with van der Waals surface area (Å²) in [4.78, 5) is 6.50. The van der Waals surface area contributed by atoms with Gasteiger partial charge in [-0.05, 0) is 41.8 Å². The van der Waals surface area contributed by atoms with Crippen molar-refractivity contribution in [1.29, 1.82) is 5.26 Å². The fourth-order valence-electron chi connectivity index (χ4n) is 2.80. The lowest BCUT2D eigenvalue weighted by atomic mass is 9.98. The number of anilines is 1. The fraction of sp³-hybridized carbons (Fsp3) is 0.294. The second kappa shape index (κ2) is 5.94. The number of aromatic nitrogens is 1. The maximum Gasteiger partial charge on any atom is 0.161 e. The monoisotopic (exact) mass is 295 g/mol. The molecule has 0 unspecified atom stereocenters. The first kappa shape index (κ1) is 14.2. The highest BCUT2D eigenvalue weighted by atomic mass is 16.5. The van der Waals surface area contributed by atoms with Gasteiger partial charge in [0.2, 0.25) is 0 Å². The van der Waals surface area contributed by atoms with Gasteiger partial charge < -0.3 is 14.4 Å². The summed E-state index contributed by atoms with van der Waals surface area (Å²) in [6, 6.07) is 9.84. The van der Waals surface area contributed by atoms with Crippen LogP contribution in [0.25, 0.3) is 0 Å². The van der Waals surface area contributed by atoms with E-state index < -0.39 is 0 Å². The van der Waals surface area contributed by atoms with Gasteiger partial charge in [0.05, 0.1) is 19.8 Å². The van der Waals surface area contributed by atoms with Gasteiger partial charge in [-0.15, -0.1) is 0 Å². The molecular formula is C17H17N3O2. The number of hydrogen-bond acceptors (Lipinski definition) is 5. The van der Waals surface area contributed by atoms with Crippen molar-refractivity contribution in [3.8, 4) is 17.6 Å². The second-order valence-electron chi connectivity index (χ2n) is 5.13. The minimum atomic E-state index is 0.603. The average molecular weight is 295 g/mol. The predicted octanol–water partition coefficient (Wildman–Crippen LogP) is 2.53. The van der Waals surface area contributed by atoms with Crippen LogP contribution in [0.2, 0.25) is 0 Å². The number of fused-ring (bicyclic) bond motifs is 1. The fourth-order valence-corrected chi connectivity index (χ4v) is 2.80. The molecule has 3 rings (SSSR count). The van der Waals surface area contributed by atoms with E-state index >= 15 is 0 Å². The SMILES string of the molecule is COc1cc2c(cc1OC)CN(c1ncccc1C#N)CC2. The smallest absolute Gasteiger partial charge is 0.161 e. The molecule has 0 saturated heterocycles. The lowest BCUT2D eigenvalue weighted by Gasteiger charge is -2.30. The van der Waals surface area contributed by atoms with Crippen LogP contribution < -0.4 is 14.4 Å². The van der Waals surface area contributed by atoms with E-state index in [4.69, 9.17) is 9.47 Å². The van der Waals surface area contributed by atoms with E-state index in [2.05, 4.69) is 16.0 Å². The van der Waals surface area contributed by atoms with E-state index in [0.29, 0.717) is 12.1 Å². The Morgan fingerprint density at radius 3 is 2.59 bits per heavy atom. The Morgan fingerprint density at radius 2 is 1.91 bits per heavy atom. The molecule has 2 heterocycles. The molecule has 22 heavy (non-hydrogen) atoms. The molecule has 0 bridgehead atoms. The van der Waals surface area contributed by atoms with Crippen LogP contribution in [0.3, 0.4) is 0 Å². The van der Waals surface area contributed by atoms with Gasteiger partial charge in [-0.25, -0.2) is 4.98 Å². The van der Waals surface area contributed by atoms with Crippen LogP contribution in [0.1, 0.15) is 16.7 Å². The van der Waals surface area contributed by atoms with Gasteiger partial charge in [-0.2, -0.15) is 5.26 Å². The van der Waals surface area contributed by atoms with Crippen LogP contribution in [-0.2, 0) is 13.0 Å². The van der Waals surface area contributed by atoms with Crippen LogP contribution in [0, 0.1) is 11.3 Å². The van der Waals surface area contributed by atoms with Crippen molar-refractivity contribution in [2.75, 3.05) is 25.7 Å². The van der Waals surface area contributed by atoms with E-state index in [-0.39, 0.29) is 0 Å². The molecule has 1 aliphatic rings. The molecule has 1 aromatic carbocycles. The normalized spacial score (nSPS) is 13.2. The van der Waals surface area contributed by atoms with Crippen LogP contribution in [0.15, 0.2) is 30.5 Å². The summed E-state index contributed by atoms with van der Waals surface area (Å²) in [5.41, 5.74) is 3.04. The summed E-state index contributed by atoms with van der Waals surface area (Å²) in [5.74, 6) is 2.22. The zero-order valence-corrected chi connectivity index (χ0v) is 12.7. The standard InChI is InChI=1S/C17H17N3O2/c1-21-15-8-12-5-7-20(11-14(12)9-16(15)22-2)17-13(10-18)4-3-6-19-17/h3-4,6,8-9H,5,7,11H2,1-2H3. The van der Waals surface area contributed by atoms with Crippen molar-refractivity contribution in [2.45, 2.75) is 13.0 Å². The summed E-state index contributed by atoms with van der Waals surface area (Å²) in [5, 5.41) is 9.24. The van der Waals surface area contributed by atoms with Gasteiger partial charge in [0.25, 0.3) is 0 Å². The van der Waals surface area contributed by atoms with Gasteiger partial charge >= 0.3 is 0 Å². The van der Waals surface area contributed by atoms with E-state index in [1.54, 1.807) is 32.5 Å². The highest BCUT2D eigenvalue weighted by Gasteiger charge is 2.21. The Morgan fingerprint density at radius 1 is 1.18 bits per heavy atom. The Hall–Kier alpha value is -2.74. The first-order chi connectivity index (χ1) is 10.8. The number of ether oxygens (including phenoxy) is 2. The molecule has 0 amide bonds. The molecule has 1 aliphatic heterocycles. The maximum absolute atomic E-state index is 9.24. The minimum absolute atomic E-state index is 0.603. The molecule has 0 N–H and O–H groups in total. The molecule has 5 heteroatoms. The summed E-state index contributed by atoms with van der Waals surface area (Å²) >= 11 is 0. The van der Waals surface area contributed by atoms with Crippen molar-refractivity contribution in [3.05, 3.63) is 47.2 Å². The molecular weight excluding hydrogens is 278 g/mol. The first-order valence-corrected chi connectivity index (χ1v) is 7.10.